The third-order valence-corrected chi connectivity index (χ3v) is 5.43. The Morgan fingerprint density at radius 2 is 1.97 bits per heavy atom. The zero-order valence-electron chi connectivity index (χ0n) is 17.0. The SMILES string of the molecule is CCN(CC)C(=O)N1CCC(C(=O)NCc2ccc(-n3ccnc3)c(F)c2)CC1. The van der Waals surface area contributed by atoms with Gasteiger partial charge in [0.1, 0.15) is 5.82 Å². The molecule has 7 nitrogen and oxygen atoms in total. The number of piperidine rings is 1. The Morgan fingerprint density at radius 3 is 2.55 bits per heavy atom. The number of carbonyl (C=O) groups excluding carboxylic acids is 2. The zero-order chi connectivity index (χ0) is 20.8. The predicted molar refractivity (Wildman–Crippen MR) is 108 cm³/mol. The van der Waals surface area contributed by atoms with Crippen molar-refractivity contribution in [2.24, 2.45) is 5.92 Å². The Labute approximate surface area is 170 Å². The van der Waals surface area contributed by atoms with E-state index in [0.29, 0.717) is 50.3 Å². The summed E-state index contributed by atoms with van der Waals surface area (Å²) in [6.07, 6.45) is 6.10. The lowest BCUT2D eigenvalue weighted by molar-refractivity contribution is -0.126. The van der Waals surface area contributed by atoms with E-state index in [1.54, 1.807) is 34.0 Å². The van der Waals surface area contributed by atoms with Crippen LogP contribution in [0.15, 0.2) is 36.9 Å². The number of hydrogen-bond acceptors (Lipinski definition) is 3. The average Bonchev–Trinajstić information content (AvgIpc) is 3.27. The van der Waals surface area contributed by atoms with Gasteiger partial charge in [0.15, 0.2) is 0 Å². The van der Waals surface area contributed by atoms with Crippen molar-refractivity contribution in [3.8, 4) is 5.69 Å². The molecule has 1 N–H and O–H groups in total. The number of hydrogen-bond donors (Lipinski definition) is 1. The van der Waals surface area contributed by atoms with Crippen molar-refractivity contribution in [1.29, 1.82) is 0 Å². The van der Waals surface area contributed by atoms with E-state index in [-0.39, 0.29) is 30.2 Å². The molecule has 0 aliphatic carbocycles. The van der Waals surface area contributed by atoms with Crippen molar-refractivity contribution in [2.75, 3.05) is 26.2 Å². The van der Waals surface area contributed by atoms with Gasteiger partial charge < -0.3 is 19.7 Å². The summed E-state index contributed by atoms with van der Waals surface area (Å²) in [7, 11) is 0. The third kappa shape index (κ3) is 4.93. The number of amides is 3. The summed E-state index contributed by atoms with van der Waals surface area (Å²) in [6, 6.07) is 4.95. The molecule has 0 unspecified atom stereocenters. The lowest BCUT2D eigenvalue weighted by Gasteiger charge is -2.34. The summed E-state index contributed by atoms with van der Waals surface area (Å²) < 4.78 is 15.9. The van der Waals surface area contributed by atoms with Gasteiger partial charge in [0.05, 0.1) is 12.0 Å². The normalized spacial score (nSPS) is 14.7. The molecule has 0 spiro atoms. The van der Waals surface area contributed by atoms with Crippen molar-refractivity contribution in [1.82, 2.24) is 24.7 Å². The quantitative estimate of drug-likeness (QED) is 0.809. The largest absolute Gasteiger partial charge is 0.352 e. The van der Waals surface area contributed by atoms with Crippen LogP contribution in [-0.4, -0.2) is 57.5 Å². The molecule has 29 heavy (non-hydrogen) atoms. The van der Waals surface area contributed by atoms with Crippen LogP contribution in [0.2, 0.25) is 0 Å². The Hall–Kier alpha value is -2.90. The zero-order valence-corrected chi connectivity index (χ0v) is 17.0. The second kappa shape index (κ2) is 9.54. The lowest BCUT2D eigenvalue weighted by atomic mass is 9.96. The minimum atomic E-state index is -0.363. The fourth-order valence-electron chi connectivity index (χ4n) is 3.63. The van der Waals surface area contributed by atoms with Crippen LogP contribution in [0.5, 0.6) is 0 Å². The van der Waals surface area contributed by atoms with Crippen molar-refractivity contribution in [3.63, 3.8) is 0 Å². The second-order valence-electron chi connectivity index (χ2n) is 7.19. The van der Waals surface area contributed by atoms with Gasteiger partial charge in [-0.1, -0.05) is 6.07 Å². The minimum Gasteiger partial charge on any atom is -0.352 e. The average molecular weight is 401 g/mol. The first-order chi connectivity index (χ1) is 14.0. The van der Waals surface area contributed by atoms with Crippen molar-refractivity contribution in [3.05, 3.63) is 48.3 Å². The number of nitrogens with zero attached hydrogens (tertiary/aromatic N) is 4. The maximum absolute atomic E-state index is 14.3. The number of nitrogens with one attached hydrogen (secondary N) is 1. The molecule has 0 atom stereocenters. The van der Waals surface area contributed by atoms with Crippen LogP contribution in [0, 0.1) is 11.7 Å². The van der Waals surface area contributed by atoms with Gasteiger partial charge in [-0.05, 0) is 44.4 Å². The van der Waals surface area contributed by atoms with Gasteiger partial charge >= 0.3 is 6.03 Å². The first kappa shape index (κ1) is 20.8. The number of halogens is 1. The molecule has 2 heterocycles. The van der Waals surface area contributed by atoms with E-state index in [0.717, 1.165) is 0 Å². The highest BCUT2D eigenvalue weighted by molar-refractivity contribution is 5.79. The van der Waals surface area contributed by atoms with Gasteiger partial charge in [0.2, 0.25) is 5.91 Å². The highest BCUT2D eigenvalue weighted by Gasteiger charge is 2.28. The molecule has 1 saturated heterocycles. The fourth-order valence-corrected chi connectivity index (χ4v) is 3.63. The van der Waals surface area contributed by atoms with Gasteiger partial charge in [-0.3, -0.25) is 4.79 Å². The Morgan fingerprint density at radius 1 is 1.24 bits per heavy atom. The van der Waals surface area contributed by atoms with Crippen LogP contribution in [0.1, 0.15) is 32.3 Å². The standard InChI is InChI=1S/C21H28FN5O2/c1-3-25(4-2)21(29)26-10-7-17(8-11-26)20(28)24-14-16-5-6-19(18(22)13-16)27-12-9-23-15-27/h5-6,9,12-13,15,17H,3-4,7-8,10-11,14H2,1-2H3,(H,24,28). The molecule has 1 fully saturated rings. The molecule has 3 rings (SSSR count). The van der Waals surface area contributed by atoms with Crippen LogP contribution < -0.4 is 5.32 Å². The van der Waals surface area contributed by atoms with Crippen LogP contribution in [0.25, 0.3) is 5.69 Å². The Balaban J connectivity index is 1.49. The first-order valence-corrected chi connectivity index (χ1v) is 10.1. The Bertz CT molecular complexity index is 828. The molecule has 1 aliphatic rings. The number of carbonyl (C=O) groups is 2. The van der Waals surface area contributed by atoms with E-state index in [1.165, 1.54) is 12.4 Å². The molecule has 3 amide bonds. The minimum absolute atomic E-state index is 0.0426. The summed E-state index contributed by atoms with van der Waals surface area (Å²) >= 11 is 0. The van der Waals surface area contributed by atoms with Gasteiger partial charge in [0.25, 0.3) is 0 Å². The second-order valence-corrected chi connectivity index (χ2v) is 7.19. The third-order valence-electron chi connectivity index (χ3n) is 5.43. The topological polar surface area (TPSA) is 70.5 Å². The molecule has 8 heteroatoms. The number of likely N-dealkylation sites (tertiary alicyclic amines) is 1. The first-order valence-electron chi connectivity index (χ1n) is 10.1. The molecule has 1 aromatic heterocycles. The van der Waals surface area contributed by atoms with E-state index in [9.17, 15) is 14.0 Å². The fraction of sp³-hybridized carbons (Fsp3) is 0.476. The lowest BCUT2D eigenvalue weighted by Crippen LogP contribution is -2.48. The monoisotopic (exact) mass is 401 g/mol. The summed E-state index contributed by atoms with van der Waals surface area (Å²) in [6.45, 7) is 6.75. The summed E-state index contributed by atoms with van der Waals surface area (Å²) in [5.74, 6) is -0.525. The molecule has 0 bridgehead atoms. The van der Waals surface area contributed by atoms with Gasteiger partial charge in [-0.2, -0.15) is 0 Å². The van der Waals surface area contributed by atoms with Crippen LogP contribution >= 0.6 is 0 Å². The van der Waals surface area contributed by atoms with E-state index < -0.39 is 0 Å². The Kier molecular flexibility index (Phi) is 6.85. The summed E-state index contributed by atoms with van der Waals surface area (Å²) in [5.41, 5.74) is 1.12. The van der Waals surface area contributed by atoms with Crippen molar-refractivity contribution in [2.45, 2.75) is 33.2 Å². The van der Waals surface area contributed by atoms with Gasteiger partial charge in [-0.15, -0.1) is 0 Å². The van der Waals surface area contributed by atoms with E-state index >= 15 is 0 Å². The maximum Gasteiger partial charge on any atom is 0.319 e. The molecule has 0 radical (unpaired) electrons. The maximum atomic E-state index is 14.3. The molecule has 0 saturated carbocycles. The molecule has 1 aliphatic heterocycles. The van der Waals surface area contributed by atoms with Crippen LogP contribution in [-0.2, 0) is 11.3 Å². The predicted octanol–water partition coefficient (Wildman–Crippen LogP) is 2.80. The summed E-state index contributed by atoms with van der Waals surface area (Å²) in [4.78, 5) is 32.4. The highest BCUT2D eigenvalue weighted by Crippen LogP contribution is 2.19. The molecular formula is C21H28FN5O2. The van der Waals surface area contributed by atoms with Crippen LogP contribution in [0.4, 0.5) is 9.18 Å². The van der Waals surface area contributed by atoms with Crippen LogP contribution in [0.3, 0.4) is 0 Å². The molecular weight excluding hydrogens is 373 g/mol. The number of urea groups is 1. The number of rotatable bonds is 6. The molecule has 1 aromatic carbocycles. The number of imidazole rings is 1. The summed E-state index contributed by atoms with van der Waals surface area (Å²) in [5, 5.41) is 2.90. The number of benzene rings is 1. The van der Waals surface area contributed by atoms with E-state index in [1.807, 2.05) is 18.7 Å². The van der Waals surface area contributed by atoms with Gasteiger partial charge in [-0.25, -0.2) is 14.2 Å². The smallest absolute Gasteiger partial charge is 0.319 e. The van der Waals surface area contributed by atoms with E-state index in [4.69, 9.17) is 0 Å². The van der Waals surface area contributed by atoms with Crippen molar-refractivity contribution >= 4 is 11.9 Å². The highest BCUT2D eigenvalue weighted by atomic mass is 19.1. The molecule has 156 valence electrons. The molecule has 2 aromatic rings. The number of aromatic nitrogens is 2. The van der Waals surface area contributed by atoms with Crippen molar-refractivity contribution < 1.29 is 14.0 Å². The van der Waals surface area contributed by atoms with Gasteiger partial charge in [0, 0.05) is 51.0 Å². The van der Waals surface area contributed by atoms with E-state index in [2.05, 4.69) is 10.3 Å².